The van der Waals surface area contributed by atoms with E-state index in [2.05, 4.69) is 38.3 Å². The van der Waals surface area contributed by atoms with Crippen LogP contribution < -0.4 is 5.73 Å². The molecule has 1 aromatic carbocycles. The second-order valence-corrected chi connectivity index (χ2v) is 6.26. The summed E-state index contributed by atoms with van der Waals surface area (Å²) in [5, 5.41) is 8.88. The van der Waals surface area contributed by atoms with Gasteiger partial charge in [0, 0.05) is 17.5 Å². The summed E-state index contributed by atoms with van der Waals surface area (Å²) < 4.78 is 2.10. The molecule has 2 aromatic rings. The van der Waals surface area contributed by atoms with Crippen LogP contribution in [0.2, 0.25) is 0 Å². The van der Waals surface area contributed by atoms with Gasteiger partial charge in [-0.2, -0.15) is 5.26 Å². The van der Waals surface area contributed by atoms with E-state index in [4.69, 9.17) is 16.0 Å². The molecule has 110 valence electrons. The van der Waals surface area contributed by atoms with Gasteiger partial charge in [0.15, 0.2) is 0 Å². The predicted molar refractivity (Wildman–Crippen MR) is 85.8 cm³/mol. The molecule has 0 aliphatic heterocycles. The van der Waals surface area contributed by atoms with Crippen LogP contribution in [0, 0.1) is 11.3 Å². The quantitative estimate of drug-likeness (QED) is 0.933. The Morgan fingerprint density at radius 3 is 2.33 bits per heavy atom. The minimum atomic E-state index is -0.0614. The van der Waals surface area contributed by atoms with Crippen LogP contribution in [-0.2, 0) is 12.0 Å². The molecule has 0 saturated carbocycles. The van der Waals surface area contributed by atoms with Crippen molar-refractivity contribution in [3.63, 3.8) is 0 Å². The van der Waals surface area contributed by atoms with E-state index >= 15 is 0 Å². The molecule has 2 N–H and O–H groups in total. The van der Waals surface area contributed by atoms with E-state index in [0.29, 0.717) is 11.4 Å². The molecular formula is C17H22N4. The van der Waals surface area contributed by atoms with Crippen LogP contribution in [0.25, 0.3) is 11.3 Å². The lowest BCUT2D eigenvalue weighted by atomic mass is 9.95. The SMILES string of the molecule is CCCn1c(C(C)(C)C)nc(-c2ccc(C#N)cc2)c1N. The molecule has 1 heterocycles. The molecule has 0 atom stereocenters. The first kappa shape index (κ1) is 15.1. The average Bonchev–Trinajstić information content (AvgIpc) is 2.77. The highest BCUT2D eigenvalue weighted by Gasteiger charge is 2.25. The maximum atomic E-state index is 8.88. The number of hydrogen-bond donors (Lipinski definition) is 1. The number of nitrogen functional groups attached to an aromatic ring is 1. The lowest BCUT2D eigenvalue weighted by Crippen LogP contribution is -2.19. The highest BCUT2D eigenvalue weighted by Crippen LogP contribution is 2.32. The van der Waals surface area contributed by atoms with Crippen LogP contribution in [0.15, 0.2) is 24.3 Å². The zero-order chi connectivity index (χ0) is 15.6. The number of nitriles is 1. The summed E-state index contributed by atoms with van der Waals surface area (Å²) in [6.07, 6.45) is 1.01. The van der Waals surface area contributed by atoms with Gasteiger partial charge in [0.1, 0.15) is 17.3 Å². The molecule has 1 aromatic heterocycles. The number of rotatable bonds is 3. The number of anilines is 1. The molecule has 0 aliphatic carbocycles. The smallest absolute Gasteiger partial charge is 0.131 e. The van der Waals surface area contributed by atoms with Gasteiger partial charge in [0.2, 0.25) is 0 Å². The van der Waals surface area contributed by atoms with Crippen LogP contribution in [-0.4, -0.2) is 9.55 Å². The molecule has 0 bridgehead atoms. The summed E-state index contributed by atoms with van der Waals surface area (Å²) in [5.41, 5.74) is 8.66. The third-order valence-electron chi connectivity index (χ3n) is 3.41. The van der Waals surface area contributed by atoms with Gasteiger partial charge in [-0.05, 0) is 18.6 Å². The number of hydrogen-bond acceptors (Lipinski definition) is 3. The summed E-state index contributed by atoms with van der Waals surface area (Å²) in [7, 11) is 0. The van der Waals surface area contributed by atoms with Crippen molar-refractivity contribution in [3.8, 4) is 17.3 Å². The summed E-state index contributed by atoms with van der Waals surface area (Å²) >= 11 is 0. The van der Waals surface area contributed by atoms with Crippen molar-refractivity contribution in [2.75, 3.05) is 5.73 Å². The number of imidazole rings is 1. The van der Waals surface area contributed by atoms with Gasteiger partial charge in [-0.3, -0.25) is 0 Å². The Labute approximate surface area is 126 Å². The Bertz CT molecular complexity index is 667. The van der Waals surface area contributed by atoms with Gasteiger partial charge in [-0.25, -0.2) is 4.98 Å². The van der Waals surface area contributed by atoms with Crippen molar-refractivity contribution >= 4 is 5.82 Å². The first-order valence-electron chi connectivity index (χ1n) is 7.25. The molecule has 0 spiro atoms. The molecule has 2 rings (SSSR count). The van der Waals surface area contributed by atoms with Crippen molar-refractivity contribution in [1.82, 2.24) is 9.55 Å². The van der Waals surface area contributed by atoms with E-state index in [1.54, 1.807) is 12.1 Å². The maximum Gasteiger partial charge on any atom is 0.131 e. The van der Waals surface area contributed by atoms with Gasteiger partial charge in [0.25, 0.3) is 0 Å². The Morgan fingerprint density at radius 2 is 1.86 bits per heavy atom. The lowest BCUT2D eigenvalue weighted by molar-refractivity contribution is 0.498. The third-order valence-corrected chi connectivity index (χ3v) is 3.41. The molecule has 21 heavy (non-hydrogen) atoms. The van der Waals surface area contributed by atoms with Crippen molar-refractivity contribution in [2.45, 2.75) is 46.1 Å². The fraction of sp³-hybridized carbons (Fsp3) is 0.412. The molecular weight excluding hydrogens is 260 g/mol. The Morgan fingerprint density at radius 1 is 1.24 bits per heavy atom. The monoisotopic (exact) mass is 282 g/mol. The van der Waals surface area contributed by atoms with Gasteiger partial charge in [-0.15, -0.1) is 0 Å². The normalized spacial score (nSPS) is 11.4. The first-order valence-corrected chi connectivity index (χ1v) is 7.25. The van der Waals surface area contributed by atoms with E-state index < -0.39 is 0 Å². The number of nitrogens with zero attached hydrogens (tertiary/aromatic N) is 3. The summed E-state index contributed by atoms with van der Waals surface area (Å²) in [4.78, 5) is 4.78. The van der Waals surface area contributed by atoms with E-state index in [1.807, 2.05) is 12.1 Å². The Balaban J connectivity index is 2.56. The van der Waals surface area contributed by atoms with E-state index in [1.165, 1.54) is 0 Å². The molecule has 0 radical (unpaired) electrons. The van der Waals surface area contributed by atoms with Crippen LogP contribution in [0.4, 0.5) is 5.82 Å². The van der Waals surface area contributed by atoms with Gasteiger partial charge < -0.3 is 10.3 Å². The van der Waals surface area contributed by atoms with Crippen molar-refractivity contribution < 1.29 is 0 Å². The molecule has 0 saturated heterocycles. The Hall–Kier alpha value is -2.28. The summed E-state index contributed by atoms with van der Waals surface area (Å²) in [5.74, 6) is 1.70. The Kier molecular flexibility index (Phi) is 4.04. The number of nitrogens with two attached hydrogens (primary N) is 1. The largest absolute Gasteiger partial charge is 0.383 e. The van der Waals surface area contributed by atoms with Gasteiger partial charge in [-0.1, -0.05) is 39.8 Å². The van der Waals surface area contributed by atoms with Crippen LogP contribution in [0.5, 0.6) is 0 Å². The molecule has 4 heteroatoms. The van der Waals surface area contributed by atoms with E-state index in [9.17, 15) is 0 Å². The molecule has 0 amide bonds. The summed E-state index contributed by atoms with van der Waals surface area (Å²) in [6.45, 7) is 9.42. The van der Waals surface area contributed by atoms with Crippen LogP contribution in [0.1, 0.15) is 45.5 Å². The highest BCUT2D eigenvalue weighted by atomic mass is 15.1. The third kappa shape index (κ3) is 2.92. The fourth-order valence-electron chi connectivity index (χ4n) is 2.40. The minimum absolute atomic E-state index is 0.0614. The number of aromatic nitrogens is 2. The van der Waals surface area contributed by atoms with E-state index in [0.717, 1.165) is 30.0 Å². The highest BCUT2D eigenvalue weighted by molar-refractivity contribution is 5.71. The van der Waals surface area contributed by atoms with Gasteiger partial charge in [0.05, 0.1) is 11.6 Å². The maximum absolute atomic E-state index is 8.88. The standard InChI is InChI=1S/C17H22N4/c1-5-10-21-15(19)14(20-16(21)17(2,3)4)13-8-6-12(11-18)7-9-13/h6-9H,5,10,19H2,1-4H3. The fourth-order valence-corrected chi connectivity index (χ4v) is 2.40. The van der Waals surface area contributed by atoms with Crippen LogP contribution in [0.3, 0.4) is 0 Å². The first-order chi connectivity index (χ1) is 9.88. The molecule has 0 aliphatic rings. The number of benzene rings is 1. The van der Waals surface area contributed by atoms with E-state index in [-0.39, 0.29) is 5.41 Å². The van der Waals surface area contributed by atoms with Crippen molar-refractivity contribution in [2.24, 2.45) is 0 Å². The predicted octanol–water partition coefficient (Wildman–Crippen LogP) is 3.71. The topological polar surface area (TPSA) is 67.6 Å². The molecule has 0 fully saturated rings. The zero-order valence-electron chi connectivity index (χ0n) is 13.1. The summed E-state index contributed by atoms with van der Waals surface area (Å²) in [6, 6.07) is 9.52. The molecule has 4 nitrogen and oxygen atoms in total. The zero-order valence-corrected chi connectivity index (χ0v) is 13.1. The second-order valence-electron chi connectivity index (χ2n) is 6.26. The lowest BCUT2D eigenvalue weighted by Gasteiger charge is -2.19. The van der Waals surface area contributed by atoms with Gasteiger partial charge >= 0.3 is 0 Å². The van der Waals surface area contributed by atoms with Crippen LogP contribution >= 0.6 is 0 Å². The minimum Gasteiger partial charge on any atom is -0.383 e. The van der Waals surface area contributed by atoms with Crippen molar-refractivity contribution in [3.05, 3.63) is 35.7 Å². The van der Waals surface area contributed by atoms with Crippen molar-refractivity contribution in [1.29, 1.82) is 5.26 Å². The average molecular weight is 282 g/mol. The molecule has 0 unspecified atom stereocenters. The second kappa shape index (κ2) is 5.61.